The number of rotatable bonds is 4. The van der Waals surface area contributed by atoms with E-state index in [1.54, 1.807) is 0 Å². The van der Waals surface area contributed by atoms with Crippen LogP contribution >= 0.6 is 15.9 Å². The van der Waals surface area contributed by atoms with Crippen LogP contribution in [0.2, 0.25) is 0 Å². The molecule has 2 rings (SSSR count). The van der Waals surface area contributed by atoms with Crippen LogP contribution in [0.5, 0.6) is 0 Å². The number of benzene rings is 1. The minimum absolute atomic E-state index is 0.206. The first-order chi connectivity index (χ1) is 9.79. The fourth-order valence-corrected chi connectivity index (χ4v) is 3.28. The van der Waals surface area contributed by atoms with Crippen LogP contribution in [0, 0.1) is 5.92 Å². The second kappa shape index (κ2) is 8.46. The number of halogens is 1. The van der Waals surface area contributed by atoms with E-state index in [0.29, 0.717) is 0 Å². The zero-order valence-electron chi connectivity index (χ0n) is 12.0. The summed E-state index contributed by atoms with van der Waals surface area (Å²) in [5, 5.41) is 4.05. The Morgan fingerprint density at radius 1 is 1.05 bits per heavy atom. The zero-order chi connectivity index (χ0) is 14.2. The normalized spacial score (nSPS) is 17.2. The third-order valence-electron chi connectivity index (χ3n) is 4.08. The standard InChI is InChI=1S/C17H24BrNO/c18-13-12-14-8-10-16(11-9-14)19-17(20)15-6-4-2-1-3-5-7-15/h8-11,15H,1-7,12-13H2,(H,19,20). The van der Waals surface area contributed by atoms with E-state index in [9.17, 15) is 4.79 Å². The van der Waals surface area contributed by atoms with E-state index in [4.69, 9.17) is 0 Å². The maximum absolute atomic E-state index is 12.3. The number of aryl methyl sites for hydroxylation is 1. The minimum Gasteiger partial charge on any atom is -0.326 e. The maximum atomic E-state index is 12.3. The second-order valence-electron chi connectivity index (χ2n) is 5.67. The van der Waals surface area contributed by atoms with Crippen molar-refractivity contribution in [2.24, 2.45) is 5.92 Å². The van der Waals surface area contributed by atoms with Gasteiger partial charge in [0.15, 0.2) is 0 Å². The summed E-state index contributed by atoms with van der Waals surface area (Å²) in [6.45, 7) is 0. The van der Waals surface area contributed by atoms with Gasteiger partial charge in [0, 0.05) is 16.9 Å². The molecule has 20 heavy (non-hydrogen) atoms. The van der Waals surface area contributed by atoms with Gasteiger partial charge in [-0.25, -0.2) is 0 Å². The number of nitrogens with one attached hydrogen (secondary N) is 1. The number of alkyl halides is 1. The summed E-state index contributed by atoms with van der Waals surface area (Å²) >= 11 is 3.44. The van der Waals surface area contributed by atoms with Gasteiger partial charge in [-0.1, -0.05) is 60.2 Å². The fourth-order valence-electron chi connectivity index (χ4n) is 2.83. The molecule has 0 bridgehead atoms. The van der Waals surface area contributed by atoms with Crippen LogP contribution in [-0.2, 0) is 11.2 Å². The Bertz CT molecular complexity index is 408. The lowest BCUT2D eigenvalue weighted by molar-refractivity contribution is -0.120. The Kier molecular flexibility index (Phi) is 6.58. The van der Waals surface area contributed by atoms with E-state index in [-0.39, 0.29) is 11.8 Å². The molecule has 0 spiro atoms. The van der Waals surface area contributed by atoms with Crippen molar-refractivity contribution in [2.45, 2.75) is 51.4 Å². The molecule has 1 N–H and O–H groups in total. The van der Waals surface area contributed by atoms with E-state index in [1.807, 2.05) is 12.1 Å². The SMILES string of the molecule is O=C(Nc1ccc(CCBr)cc1)C1CCCCCCC1. The van der Waals surface area contributed by atoms with E-state index in [1.165, 1.54) is 37.7 Å². The number of hydrogen-bond acceptors (Lipinski definition) is 1. The molecule has 1 aromatic rings. The summed E-state index contributed by atoms with van der Waals surface area (Å²) in [5.74, 6) is 0.414. The fraction of sp³-hybridized carbons (Fsp3) is 0.588. The monoisotopic (exact) mass is 337 g/mol. The first-order valence-electron chi connectivity index (χ1n) is 7.75. The topological polar surface area (TPSA) is 29.1 Å². The third-order valence-corrected chi connectivity index (χ3v) is 4.48. The number of hydrogen-bond donors (Lipinski definition) is 1. The lowest BCUT2D eigenvalue weighted by atomic mass is 9.90. The van der Waals surface area contributed by atoms with Gasteiger partial charge >= 0.3 is 0 Å². The van der Waals surface area contributed by atoms with Crippen molar-refractivity contribution >= 4 is 27.5 Å². The van der Waals surface area contributed by atoms with Gasteiger partial charge in [0.2, 0.25) is 5.91 Å². The molecular weight excluding hydrogens is 314 g/mol. The summed E-state index contributed by atoms with van der Waals surface area (Å²) in [6, 6.07) is 8.21. The molecule has 0 saturated heterocycles. The van der Waals surface area contributed by atoms with Gasteiger partial charge in [0.1, 0.15) is 0 Å². The highest BCUT2D eigenvalue weighted by Gasteiger charge is 2.19. The molecule has 0 aliphatic heterocycles. The average molecular weight is 338 g/mol. The van der Waals surface area contributed by atoms with Gasteiger partial charge in [-0.2, -0.15) is 0 Å². The van der Waals surface area contributed by atoms with Crippen molar-refractivity contribution in [3.05, 3.63) is 29.8 Å². The molecule has 1 amide bonds. The van der Waals surface area contributed by atoms with Gasteiger partial charge in [0.25, 0.3) is 0 Å². The van der Waals surface area contributed by atoms with Crippen molar-refractivity contribution in [3.8, 4) is 0 Å². The molecule has 1 saturated carbocycles. The van der Waals surface area contributed by atoms with Crippen LogP contribution in [0.25, 0.3) is 0 Å². The lowest BCUT2D eigenvalue weighted by Crippen LogP contribution is -2.23. The minimum atomic E-state index is 0.206. The molecule has 3 heteroatoms. The lowest BCUT2D eigenvalue weighted by Gasteiger charge is -2.19. The first-order valence-corrected chi connectivity index (χ1v) is 8.87. The summed E-state index contributed by atoms with van der Waals surface area (Å²) in [5.41, 5.74) is 2.22. The predicted octanol–water partition coefficient (Wildman–Crippen LogP) is 4.92. The molecule has 1 aliphatic rings. The number of amides is 1. The molecule has 0 aromatic heterocycles. The molecule has 0 radical (unpaired) electrons. The van der Waals surface area contributed by atoms with E-state index in [0.717, 1.165) is 30.3 Å². The van der Waals surface area contributed by atoms with E-state index in [2.05, 4.69) is 33.4 Å². The van der Waals surface area contributed by atoms with Crippen molar-refractivity contribution in [1.29, 1.82) is 0 Å². The van der Waals surface area contributed by atoms with Gasteiger partial charge in [-0.05, 0) is 37.0 Å². The van der Waals surface area contributed by atoms with Crippen LogP contribution in [0.15, 0.2) is 24.3 Å². The van der Waals surface area contributed by atoms with Crippen LogP contribution < -0.4 is 5.32 Å². The van der Waals surface area contributed by atoms with Gasteiger partial charge in [-0.15, -0.1) is 0 Å². The highest BCUT2D eigenvalue weighted by Crippen LogP contribution is 2.23. The Hall–Kier alpha value is -0.830. The van der Waals surface area contributed by atoms with Crippen LogP contribution in [0.1, 0.15) is 50.5 Å². The molecular formula is C17H24BrNO. The molecule has 1 fully saturated rings. The second-order valence-corrected chi connectivity index (χ2v) is 6.46. The molecule has 0 heterocycles. The van der Waals surface area contributed by atoms with Crippen molar-refractivity contribution < 1.29 is 4.79 Å². The maximum Gasteiger partial charge on any atom is 0.227 e. The summed E-state index contributed by atoms with van der Waals surface area (Å²) < 4.78 is 0. The molecule has 0 atom stereocenters. The molecule has 0 unspecified atom stereocenters. The quantitative estimate of drug-likeness (QED) is 0.776. The molecule has 2 nitrogen and oxygen atoms in total. The van der Waals surface area contributed by atoms with E-state index < -0.39 is 0 Å². The van der Waals surface area contributed by atoms with Gasteiger partial charge in [0.05, 0.1) is 0 Å². The van der Waals surface area contributed by atoms with Crippen molar-refractivity contribution in [1.82, 2.24) is 0 Å². The Labute approximate surface area is 130 Å². The predicted molar refractivity (Wildman–Crippen MR) is 88.4 cm³/mol. The molecule has 110 valence electrons. The van der Waals surface area contributed by atoms with Gasteiger partial charge < -0.3 is 5.32 Å². The largest absolute Gasteiger partial charge is 0.326 e. The van der Waals surface area contributed by atoms with Crippen LogP contribution in [-0.4, -0.2) is 11.2 Å². The third kappa shape index (κ3) is 4.93. The van der Waals surface area contributed by atoms with Crippen LogP contribution in [0.4, 0.5) is 5.69 Å². The number of carbonyl (C=O) groups excluding carboxylic acids is 1. The van der Waals surface area contributed by atoms with Crippen molar-refractivity contribution in [2.75, 3.05) is 10.6 Å². The van der Waals surface area contributed by atoms with Crippen LogP contribution in [0.3, 0.4) is 0 Å². The Morgan fingerprint density at radius 3 is 2.25 bits per heavy atom. The zero-order valence-corrected chi connectivity index (χ0v) is 13.6. The summed E-state index contributed by atoms with van der Waals surface area (Å²) in [7, 11) is 0. The van der Waals surface area contributed by atoms with E-state index >= 15 is 0 Å². The Morgan fingerprint density at radius 2 is 1.65 bits per heavy atom. The van der Waals surface area contributed by atoms with Crippen molar-refractivity contribution in [3.63, 3.8) is 0 Å². The highest BCUT2D eigenvalue weighted by molar-refractivity contribution is 9.09. The first kappa shape index (κ1) is 15.6. The Balaban J connectivity index is 1.88. The number of anilines is 1. The highest BCUT2D eigenvalue weighted by atomic mass is 79.9. The molecule has 1 aliphatic carbocycles. The average Bonchev–Trinajstić information content (AvgIpc) is 2.41. The van der Waals surface area contributed by atoms with Gasteiger partial charge in [-0.3, -0.25) is 4.79 Å². The molecule has 1 aromatic carbocycles. The number of carbonyl (C=O) groups is 1. The smallest absolute Gasteiger partial charge is 0.227 e. The summed E-state index contributed by atoms with van der Waals surface area (Å²) in [6.07, 6.45) is 9.42. The summed E-state index contributed by atoms with van der Waals surface area (Å²) in [4.78, 5) is 12.3.